The van der Waals surface area contributed by atoms with E-state index < -0.39 is 18.0 Å². The molecule has 256 valence electrons. The van der Waals surface area contributed by atoms with E-state index in [1.165, 1.54) is 0 Å². The van der Waals surface area contributed by atoms with Crippen molar-refractivity contribution in [2.75, 3.05) is 64.3 Å². The van der Waals surface area contributed by atoms with Gasteiger partial charge < -0.3 is 33.9 Å². The Kier molecular flexibility index (Phi) is 9.40. The number of carbonyl (C=O) groups excluding carboxylic acids is 3. The summed E-state index contributed by atoms with van der Waals surface area (Å²) in [4.78, 5) is 63.1. The lowest BCUT2D eigenvalue weighted by atomic mass is 10.00. The largest absolute Gasteiger partial charge is 0.436 e. The van der Waals surface area contributed by atoms with Crippen LogP contribution < -0.4 is 11.1 Å². The molecule has 0 aliphatic carbocycles. The topological polar surface area (TPSA) is 141 Å². The summed E-state index contributed by atoms with van der Waals surface area (Å²) in [6.07, 6.45) is 2.31. The number of rotatable bonds is 6. The second kappa shape index (κ2) is 14.0. The Labute approximate surface area is 279 Å². The summed E-state index contributed by atoms with van der Waals surface area (Å²) < 4.78 is 16.9. The molecule has 0 radical (unpaired) electrons. The first-order valence-corrected chi connectivity index (χ1v) is 17.2. The van der Waals surface area contributed by atoms with Gasteiger partial charge in [-0.3, -0.25) is 14.7 Å². The van der Waals surface area contributed by atoms with Gasteiger partial charge in [-0.2, -0.15) is 0 Å². The van der Waals surface area contributed by atoms with Crippen LogP contribution in [0.25, 0.3) is 11.1 Å². The number of amides is 4. The van der Waals surface area contributed by atoms with Crippen LogP contribution in [0.5, 0.6) is 0 Å². The highest BCUT2D eigenvalue weighted by molar-refractivity contribution is 5.91. The predicted octanol–water partition coefficient (Wildman–Crippen LogP) is 3.36. The fourth-order valence-corrected chi connectivity index (χ4v) is 7.70. The summed E-state index contributed by atoms with van der Waals surface area (Å²) >= 11 is 0. The number of carbonyl (C=O) groups is 3. The van der Waals surface area contributed by atoms with E-state index >= 15 is 0 Å². The Morgan fingerprint density at radius 3 is 2.40 bits per heavy atom. The highest BCUT2D eigenvalue weighted by Gasteiger charge is 2.36. The van der Waals surface area contributed by atoms with Gasteiger partial charge >= 0.3 is 17.9 Å². The molecule has 0 unspecified atom stereocenters. The number of nitrogens with zero attached hydrogens (tertiary/aromatic N) is 4. The Balaban J connectivity index is 1.01. The molecular weight excluding hydrogens is 616 g/mol. The van der Waals surface area contributed by atoms with Crippen molar-refractivity contribution in [3.63, 3.8) is 0 Å². The van der Waals surface area contributed by atoms with Gasteiger partial charge in [0.15, 0.2) is 11.7 Å². The number of H-pyrrole nitrogens is 1. The summed E-state index contributed by atoms with van der Waals surface area (Å²) in [5.41, 5.74) is 4.52. The van der Waals surface area contributed by atoms with Crippen LogP contribution in [0.2, 0.25) is 0 Å². The zero-order valence-corrected chi connectivity index (χ0v) is 27.4. The third-order valence-electron chi connectivity index (χ3n) is 10.4. The molecule has 0 spiro atoms. The van der Waals surface area contributed by atoms with Crippen LogP contribution in [0.4, 0.5) is 15.3 Å². The zero-order valence-electron chi connectivity index (χ0n) is 27.4. The number of hydrogen-bond acceptors (Lipinski definition) is 8. The fourth-order valence-electron chi connectivity index (χ4n) is 7.70. The molecule has 7 rings (SSSR count). The molecule has 1 aromatic heterocycles. The maximum Gasteiger partial charge on any atom is 0.417 e. The molecule has 4 aliphatic heterocycles. The van der Waals surface area contributed by atoms with Gasteiger partial charge in [0, 0.05) is 70.0 Å². The highest BCUT2D eigenvalue weighted by atomic mass is 16.6. The second-order valence-electron chi connectivity index (χ2n) is 13.3. The van der Waals surface area contributed by atoms with Crippen molar-refractivity contribution in [2.45, 2.75) is 63.6 Å². The molecule has 3 aromatic rings. The number of urea groups is 1. The van der Waals surface area contributed by atoms with Gasteiger partial charge in [-0.25, -0.2) is 14.4 Å². The smallest absolute Gasteiger partial charge is 0.417 e. The summed E-state index contributed by atoms with van der Waals surface area (Å²) in [6, 6.07) is 11.8. The predicted molar refractivity (Wildman–Crippen MR) is 178 cm³/mol. The summed E-state index contributed by atoms with van der Waals surface area (Å²) in [5, 5.41) is 3.04. The van der Waals surface area contributed by atoms with E-state index in [4.69, 9.17) is 13.9 Å². The normalized spacial score (nSPS) is 20.7. The maximum absolute atomic E-state index is 14.0. The Bertz CT molecular complexity index is 1700. The number of hydrogen-bond donors (Lipinski definition) is 2. The first-order chi connectivity index (χ1) is 23.3. The maximum atomic E-state index is 14.0. The van der Waals surface area contributed by atoms with E-state index in [1.54, 1.807) is 11.0 Å². The van der Waals surface area contributed by atoms with Crippen molar-refractivity contribution >= 4 is 34.8 Å². The van der Waals surface area contributed by atoms with Crippen LogP contribution in [0.1, 0.15) is 42.4 Å². The molecule has 2 aromatic carbocycles. The molecular formula is C35H44N6O7. The van der Waals surface area contributed by atoms with Crippen molar-refractivity contribution in [1.82, 2.24) is 24.6 Å². The average Bonchev–Trinajstić information content (AvgIpc) is 3.40. The van der Waals surface area contributed by atoms with E-state index in [1.807, 2.05) is 47.1 Å². The molecule has 4 amide bonds. The fraction of sp³-hybridized carbons (Fsp3) is 0.543. The third kappa shape index (κ3) is 6.93. The van der Waals surface area contributed by atoms with Gasteiger partial charge in [0.2, 0.25) is 0 Å². The minimum atomic E-state index is -1.03. The quantitative estimate of drug-likeness (QED) is 0.410. The Morgan fingerprint density at radius 1 is 0.917 bits per heavy atom. The van der Waals surface area contributed by atoms with E-state index in [9.17, 15) is 19.2 Å². The lowest BCUT2D eigenvalue weighted by Crippen LogP contribution is -2.53. The molecule has 3 saturated heterocycles. The lowest BCUT2D eigenvalue weighted by molar-refractivity contribution is -0.142. The van der Waals surface area contributed by atoms with E-state index in [-0.39, 0.29) is 24.4 Å². The van der Waals surface area contributed by atoms with Crippen molar-refractivity contribution in [1.29, 1.82) is 0 Å². The standard InChI is InChI=1S/C35H44N6O7/c1-23-20-24(21-29-31(23)37-34(44)47-29)22-30(32(42)39-11-7-26(8-12-39)38-16-18-46-19-17-38)48-35(45)40-13-9-27(10-14-40)41-15-6-25-4-2-3-5-28(25)36-33(41)43/h2-5,20-21,26-27,30H,6-19,22H2,1H3,(H,36,43)(H,37,44)/t30-/m1/s1. The number of benzene rings is 2. The number of piperidine rings is 2. The number of aryl methyl sites for hydroxylation is 1. The molecule has 2 N–H and O–H groups in total. The number of anilines is 1. The summed E-state index contributed by atoms with van der Waals surface area (Å²) in [7, 11) is 0. The third-order valence-corrected chi connectivity index (χ3v) is 10.4. The van der Waals surface area contributed by atoms with Gasteiger partial charge in [-0.15, -0.1) is 0 Å². The van der Waals surface area contributed by atoms with Crippen LogP contribution in [-0.4, -0.2) is 120 Å². The highest BCUT2D eigenvalue weighted by Crippen LogP contribution is 2.26. The Morgan fingerprint density at radius 2 is 1.62 bits per heavy atom. The molecule has 1 atom stereocenters. The van der Waals surface area contributed by atoms with Crippen molar-refractivity contribution in [3.05, 3.63) is 63.6 Å². The van der Waals surface area contributed by atoms with Crippen LogP contribution >= 0.6 is 0 Å². The molecule has 13 heteroatoms. The summed E-state index contributed by atoms with van der Waals surface area (Å²) in [5.74, 6) is -0.759. The number of aromatic nitrogens is 1. The van der Waals surface area contributed by atoms with Gasteiger partial charge in [-0.1, -0.05) is 24.3 Å². The number of aromatic amines is 1. The van der Waals surface area contributed by atoms with Crippen LogP contribution in [-0.2, 0) is 27.1 Å². The molecule has 3 fully saturated rings. The van der Waals surface area contributed by atoms with E-state index in [0.717, 1.165) is 67.9 Å². The molecule has 0 saturated carbocycles. The molecule has 4 aliphatic rings. The van der Waals surface area contributed by atoms with Gasteiger partial charge in [0.25, 0.3) is 5.91 Å². The number of nitrogens with one attached hydrogen (secondary N) is 2. The van der Waals surface area contributed by atoms with Crippen molar-refractivity contribution in [3.8, 4) is 0 Å². The number of oxazole rings is 1. The number of para-hydroxylation sites is 1. The molecule has 48 heavy (non-hydrogen) atoms. The van der Waals surface area contributed by atoms with Gasteiger partial charge in [0.05, 0.1) is 18.7 Å². The van der Waals surface area contributed by atoms with Gasteiger partial charge in [0.1, 0.15) is 0 Å². The lowest BCUT2D eigenvalue weighted by Gasteiger charge is -2.41. The monoisotopic (exact) mass is 660 g/mol. The summed E-state index contributed by atoms with van der Waals surface area (Å²) in [6.45, 7) is 7.78. The van der Waals surface area contributed by atoms with E-state index in [2.05, 4.69) is 15.2 Å². The minimum Gasteiger partial charge on any atom is -0.436 e. The molecule has 0 bridgehead atoms. The van der Waals surface area contributed by atoms with Crippen molar-refractivity contribution < 1.29 is 28.3 Å². The number of fused-ring (bicyclic) bond motifs is 2. The number of ether oxygens (including phenoxy) is 2. The van der Waals surface area contributed by atoms with Crippen LogP contribution in [0.15, 0.2) is 45.6 Å². The zero-order chi connectivity index (χ0) is 33.2. The van der Waals surface area contributed by atoms with Crippen LogP contribution in [0.3, 0.4) is 0 Å². The molecule has 13 nitrogen and oxygen atoms in total. The number of likely N-dealkylation sites (tertiary alicyclic amines) is 2. The Hall–Kier alpha value is -4.36. The van der Waals surface area contributed by atoms with Gasteiger partial charge in [-0.05, 0) is 67.9 Å². The minimum absolute atomic E-state index is 0.000683. The first kappa shape index (κ1) is 32.2. The van der Waals surface area contributed by atoms with Crippen LogP contribution in [0, 0.1) is 6.92 Å². The van der Waals surface area contributed by atoms with E-state index in [0.29, 0.717) is 62.7 Å². The molecule has 5 heterocycles. The average molecular weight is 661 g/mol. The second-order valence-corrected chi connectivity index (χ2v) is 13.3. The number of morpholine rings is 1. The van der Waals surface area contributed by atoms with Crippen molar-refractivity contribution in [2.24, 2.45) is 0 Å². The SMILES string of the molecule is Cc1cc(C[C@@H](OC(=O)N2CCC(N3CCc4ccccc4NC3=O)CC2)C(=O)N2CCC(N3CCOCC3)CC2)cc2oc(=O)[nH]c12. The first-order valence-electron chi connectivity index (χ1n) is 17.2.